The second kappa shape index (κ2) is 5.78. The summed E-state index contributed by atoms with van der Waals surface area (Å²) in [7, 11) is 0. The van der Waals surface area contributed by atoms with Gasteiger partial charge in [-0.2, -0.15) is 0 Å². The standard InChI is InChI=1S/2C10H7.CH3.Sb/c2*1-2-6-10-8-4-3-7-9(10)5-1;;/h2*1-7H;1H3;. The van der Waals surface area contributed by atoms with E-state index in [-0.39, 0.29) is 0 Å². The zero-order valence-electron chi connectivity index (χ0n) is 12.5. The van der Waals surface area contributed by atoms with Crippen LogP contribution in [0.25, 0.3) is 21.5 Å². The van der Waals surface area contributed by atoms with Gasteiger partial charge in [-0.25, -0.2) is 0 Å². The first kappa shape index (κ1) is 13.9. The zero-order valence-corrected chi connectivity index (χ0v) is 15.1. The summed E-state index contributed by atoms with van der Waals surface area (Å²) in [6.07, 6.45) is 0. The summed E-state index contributed by atoms with van der Waals surface area (Å²) in [6.45, 7) is 0. The van der Waals surface area contributed by atoms with E-state index in [2.05, 4.69) is 89.8 Å². The third-order valence-corrected chi connectivity index (χ3v) is 10.6. The maximum absolute atomic E-state index is 2.49. The van der Waals surface area contributed by atoms with Gasteiger partial charge in [-0.3, -0.25) is 0 Å². The normalized spacial score (nSPS) is 11.4. The van der Waals surface area contributed by atoms with Gasteiger partial charge < -0.3 is 0 Å². The summed E-state index contributed by atoms with van der Waals surface area (Å²) in [4.78, 5) is 2.49. The Kier molecular flexibility index (Phi) is 3.64. The fourth-order valence-corrected chi connectivity index (χ4v) is 8.86. The molecule has 0 aromatic heterocycles. The quantitative estimate of drug-likeness (QED) is 0.449. The van der Waals surface area contributed by atoms with Gasteiger partial charge in [-0.15, -0.1) is 0 Å². The average Bonchev–Trinajstić information content (AvgIpc) is 2.60. The minimum atomic E-state index is -1.73. The van der Waals surface area contributed by atoms with Crippen LogP contribution in [0.1, 0.15) is 0 Å². The van der Waals surface area contributed by atoms with Crippen LogP contribution in [0.4, 0.5) is 0 Å². The summed E-state index contributed by atoms with van der Waals surface area (Å²) in [5.41, 5.74) is 0. The van der Waals surface area contributed by atoms with Gasteiger partial charge in [0.15, 0.2) is 0 Å². The van der Waals surface area contributed by atoms with E-state index in [0.717, 1.165) is 0 Å². The maximum atomic E-state index is 2.49. The molecule has 0 atom stereocenters. The molecular formula is C21H17Sb. The molecule has 0 unspecified atom stereocenters. The Morgan fingerprint density at radius 3 is 1.41 bits per heavy atom. The topological polar surface area (TPSA) is 0 Å². The molecule has 4 aromatic rings. The third-order valence-electron chi connectivity index (χ3n) is 4.26. The Morgan fingerprint density at radius 1 is 0.500 bits per heavy atom. The number of fused-ring (bicyclic) bond motifs is 2. The van der Waals surface area contributed by atoms with Crippen LogP contribution in [0, 0.1) is 0 Å². The molecule has 0 heterocycles. The van der Waals surface area contributed by atoms with Gasteiger partial charge in [0, 0.05) is 0 Å². The van der Waals surface area contributed by atoms with Gasteiger partial charge in [0.25, 0.3) is 0 Å². The molecule has 106 valence electrons. The van der Waals surface area contributed by atoms with Crippen molar-refractivity contribution in [1.82, 2.24) is 0 Å². The number of rotatable bonds is 2. The van der Waals surface area contributed by atoms with E-state index in [9.17, 15) is 0 Å². The fourth-order valence-electron chi connectivity index (χ4n) is 3.13. The number of benzene rings is 4. The van der Waals surface area contributed by atoms with Crippen molar-refractivity contribution < 1.29 is 0 Å². The van der Waals surface area contributed by atoms with Crippen LogP contribution < -0.4 is 7.02 Å². The van der Waals surface area contributed by atoms with E-state index >= 15 is 0 Å². The van der Waals surface area contributed by atoms with Crippen LogP contribution in [-0.2, 0) is 0 Å². The van der Waals surface area contributed by atoms with Gasteiger partial charge in [-0.1, -0.05) is 0 Å². The number of hydrogen-bond donors (Lipinski definition) is 0. The minimum absolute atomic E-state index is 1.36. The Balaban J connectivity index is 1.94. The van der Waals surface area contributed by atoms with Crippen LogP contribution in [0.3, 0.4) is 0 Å². The van der Waals surface area contributed by atoms with E-state index in [0.29, 0.717) is 0 Å². The molecule has 0 N–H and O–H groups in total. The SMILES string of the molecule is [CH3][Sb]([c]1cccc2ccccc12)[c]1cccc2ccccc12. The van der Waals surface area contributed by atoms with Crippen molar-refractivity contribution >= 4 is 48.8 Å². The fraction of sp³-hybridized carbons (Fsp3) is 0.0476. The van der Waals surface area contributed by atoms with Gasteiger partial charge in [0.1, 0.15) is 0 Å². The van der Waals surface area contributed by atoms with Crippen LogP contribution >= 0.6 is 0 Å². The average molecular weight is 391 g/mol. The molecular weight excluding hydrogens is 374 g/mol. The molecule has 22 heavy (non-hydrogen) atoms. The Hall–Kier alpha value is -1.78. The van der Waals surface area contributed by atoms with E-state index in [4.69, 9.17) is 0 Å². The second-order valence-corrected chi connectivity index (χ2v) is 11.5. The van der Waals surface area contributed by atoms with E-state index < -0.39 is 20.2 Å². The molecule has 0 aliphatic rings. The van der Waals surface area contributed by atoms with Crippen LogP contribution in [0.5, 0.6) is 0 Å². The third kappa shape index (κ3) is 2.32. The summed E-state index contributed by atoms with van der Waals surface area (Å²) in [5, 5.41) is 5.58. The van der Waals surface area contributed by atoms with Crippen molar-refractivity contribution in [1.29, 1.82) is 0 Å². The Morgan fingerprint density at radius 2 is 0.909 bits per heavy atom. The number of hydrogen-bond acceptors (Lipinski definition) is 0. The van der Waals surface area contributed by atoms with Crippen LogP contribution in [-0.4, -0.2) is 20.2 Å². The first-order valence-electron chi connectivity index (χ1n) is 7.54. The van der Waals surface area contributed by atoms with Crippen molar-refractivity contribution in [2.45, 2.75) is 4.87 Å². The Bertz CT molecular complexity index is 866. The molecule has 0 spiro atoms. The van der Waals surface area contributed by atoms with Crippen molar-refractivity contribution in [3.8, 4) is 0 Å². The summed E-state index contributed by atoms with van der Waals surface area (Å²) < 4.78 is 3.16. The predicted octanol–water partition coefficient (Wildman–Crippen LogP) is 4.23. The molecule has 0 saturated heterocycles. The van der Waals surface area contributed by atoms with E-state index in [1.807, 2.05) is 0 Å². The van der Waals surface area contributed by atoms with Gasteiger partial charge >= 0.3 is 139 Å². The summed E-state index contributed by atoms with van der Waals surface area (Å²) in [5.74, 6) is 0. The van der Waals surface area contributed by atoms with Crippen molar-refractivity contribution in [3.05, 3.63) is 84.9 Å². The molecule has 0 aliphatic carbocycles. The molecule has 0 fully saturated rings. The molecule has 0 radical (unpaired) electrons. The van der Waals surface area contributed by atoms with Gasteiger partial charge in [-0.05, 0) is 0 Å². The van der Waals surface area contributed by atoms with Crippen molar-refractivity contribution in [2.75, 3.05) is 0 Å². The van der Waals surface area contributed by atoms with Gasteiger partial charge in [0.2, 0.25) is 0 Å². The van der Waals surface area contributed by atoms with Crippen molar-refractivity contribution in [2.24, 2.45) is 0 Å². The molecule has 0 bridgehead atoms. The van der Waals surface area contributed by atoms with Gasteiger partial charge in [0.05, 0.1) is 0 Å². The molecule has 4 aromatic carbocycles. The van der Waals surface area contributed by atoms with Crippen molar-refractivity contribution in [3.63, 3.8) is 0 Å². The summed E-state index contributed by atoms with van der Waals surface area (Å²) in [6, 6.07) is 31.1. The molecule has 0 amide bonds. The second-order valence-electron chi connectivity index (χ2n) is 5.56. The van der Waals surface area contributed by atoms with E-state index in [1.54, 1.807) is 7.02 Å². The first-order valence-corrected chi connectivity index (χ1v) is 12.6. The molecule has 0 aliphatic heterocycles. The van der Waals surface area contributed by atoms with Crippen LogP contribution in [0.2, 0.25) is 4.87 Å². The predicted molar refractivity (Wildman–Crippen MR) is 98.8 cm³/mol. The first-order chi connectivity index (χ1) is 10.8. The molecule has 1 heteroatoms. The van der Waals surface area contributed by atoms with Crippen LogP contribution in [0.15, 0.2) is 84.9 Å². The Labute approximate surface area is 138 Å². The monoisotopic (exact) mass is 390 g/mol. The zero-order chi connectivity index (χ0) is 14.9. The molecule has 0 nitrogen and oxygen atoms in total. The molecule has 0 saturated carbocycles. The summed E-state index contributed by atoms with van der Waals surface area (Å²) >= 11 is -1.73. The molecule has 4 rings (SSSR count). The van der Waals surface area contributed by atoms with E-state index in [1.165, 1.54) is 21.5 Å².